The fourth-order valence-electron chi connectivity index (χ4n) is 1.28. The minimum atomic E-state index is -1.80. The number of aliphatic hydroxyl groups is 1. The summed E-state index contributed by atoms with van der Waals surface area (Å²) >= 11 is 2.94. The third kappa shape index (κ3) is 2.50. The van der Waals surface area contributed by atoms with E-state index >= 15 is 0 Å². The average molecular weight is 309 g/mol. The number of hydrogen-bond acceptors (Lipinski definition) is 5. The highest BCUT2D eigenvalue weighted by atomic mass is 79.9. The summed E-state index contributed by atoms with van der Waals surface area (Å²) in [5, 5.41) is 19.0. The highest BCUT2D eigenvalue weighted by Crippen LogP contribution is 2.39. The molecule has 5 nitrogen and oxygen atoms in total. The Morgan fingerprint density at radius 2 is 2.12 bits per heavy atom. The SMILES string of the molecule is COC(=O)C(O)c1c(Br)cc(O)c(OC)c1F. The Hall–Kier alpha value is -1.34. The van der Waals surface area contributed by atoms with E-state index in [1.807, 2.05) is 0 Å². The van der Waals surface area contributed by atoms with Crippen molar-refractivity contribution < 1.29 is 28.9 Å². The highest BCUT2D eigenvalue weighted by molar-refractivity contribution is 9.10. The van der Waals surface area contributed by atoms with Gasteiger partial charge >= 0.3 is 5.97 Å². The molecule has 1 aromatic carbocycles. The van der Waals surface area contributed by atoms with Crippen LogP contribution in [0.5, 0.6) is 11.5 Å². The second-order valence-corrected chi connectivity index (χ2v) is 3.92. The number of methoxy groups -OCH3 is 2. The lowest BCUT2D eigenvalue weighted by atomic mass is 10.1. The van der Waals surface area contributed by atoms with E-state index in [-0.39, 0.29) is 10.0 Å². The Morgan fingerprint density at radius 3 is 2.59 bits per heavy atom. The molecule has 0 aliphatic heterocycles. The van der Waals surface area contributed by atoms with Crippen molar-refractivity contribution in [1.29, 1.82) is 0 Å². The predicted octanol–water partition coefficient (Wildman–Crippen LogP) is 1.51. The van der Waals surface area contributed by atoms with Crippen molar-refractivity contribution in [3.63, 3.8) is 0 Å². The third-order valence-corrected chi connectivity index (χ3v) is 2.75. The van der Waals surface area contributed by atoms with E-state index in [1.165, 1.54) is 0 Å². The van der Waals surface area contributed by atoms with E-state index in [1.54, 1.807) is 0 Å². The zero-order valence-corrected chi connectivity index (χ0v) is 10.6. The van der Waals surface area contributed by atoms with E-state index in [0.29, 0.717) is 0 Å². The molecule has 17 heavy (non-hydrogen) atoms. The smallest absolute Gasteiger partial charge is 0.339 e. The van der Waals surface area contributed by atoms with Gasteiger partial charge in [0.15, 0.2) is 23.4 Å². The van der Waals surface area contributed by atoms with Crippen LogP contribution in [0.2, 0.25) is 0 Å². The van der Waals surface area contributed by atoms with Crippen molar-refractivity contribution in [3.8, 4) is 11.5 Å². The van der Waals surface area contributed by atoms with E-state index in [0.717, 1.165) is 20.3 Å². The number of esters is 1. The molecule has 0 saturated heterocycles. The first kappa shape index (κ1) is 13.7. The lowest BCUT2D eigenvalue weighted by molar-refractivity contribution is -0.150. The summed E-state index contributed by atoms with van der Waals surface area (Å²) < 4.78 is 22.8. The highest BCUT2D eigenvalue weighted by Gasteiger charge is 2.28. The fraction of sp³-hybridized carbons (Fsp3) is 0.300. The molecule has 1 aromatic rings. The van der Waals surface area contributed by atoms with Crippen molar-refractivity contribution in [2.75, 3.05) is 14.2 Å². The van der Waals surface area contributed by atoms with Crippen LogP contribution in [0.4, 0.5) is 4.39 Å². The summed E-state index contributed by atoms with van der Waals surface area (Å²) in [6, 6.07) is 1.11. The number of phenols is 1. The fourth-order valence-corrected chi connectivity index (χ4v) is 1.88. The van der Waals surface area contributed by atoms with Gasteiger partial charge in [0.05, 0.1) is 14.2 Å². The second-order valence-electron chi connectivity index (χ2n) is 3.06. The second kappa shape index (κ2) is 5.33. The zero-order valence-electron chi connectivity index (χ0n) is 9.03. The van der Waals surface area contributed by atoms with Crippen LogP contribution in [0.3, 0.4) is 0 Å². The lowest BCUT2D eigenvalue weighted by Gasteiger charge is -2.14. The molecule has 0 radical (unpaired) electrons. The Kier molecular flexibility index (Phi) is 4.30. The standard InChI is InChI=1S/C10H10BrFO5/c1-16-9-5(13)3-4(11)6(7(9)12)8(14)10(15)17-2/h3,8,13-14H,1-2H3. The molecule has 0 aromatic heterocycles. The topological polar surface area (TPSA) is 76.0 Å². The first-order chi connectivity index (χ1) is 7.93. The number of phenolic OH excluding ortho intramolecular Hbond substituents is 1. The van der Waals surface area contributed by atoms with Crippen molar-refractivity contribution in [2.24, 2.45) is 0 Å². The quantitative estimate of drug-likeness (QED) is 0.828. The van der Waals surface area contributed by atoms with Crippen LogP contribution in [-0.2, 0) is 9.53 Å². The Morgan fingerprint density at radius 1 is 1.53 bits per heavy atom. The van der Waals surface area contributed by atoms with Crippen LogP contribution in [0, 0.1) is 5.82 Å². The van der Waals surface area contributed by atoms with Crippen molar-refractivity contribution in [1.82, 2.24) is 0 Å². The number of hydrogen-bond donors (Lipinski definition) is 2. The molecule has 0 saturated carbocycles. The Labute approximate surface area is 105 Å². The average Bonchev–Trinajstić information content (AvgIpc) is 2.27. The van der Waals surface area contributed by atoms with E-state index < -0.39 is 29.4 Å². The van der Waals surface area contributed by atoms with Crippen LogP contribution >= 0.6 is 15.9 Å². The molecular weight excluding hydrogens is 299 g/mol. The van der Waals surface area contributed by atoms with Gasteiger partial charge in [-0.15, -0.1) is 0 Å². The van der Waals surface area contributed by atoms with Crippen LogP contribution in [0.25, 0.3) is 0 Å². The van der Waals surface area contributed by atoms with Crippen molar-refractivity contribution in [3.05, 3.63) is 21.9 Å². The lowest BCUT2D eigenvalue weighted by Crippen LogP contribution is -2.16. The molecule has 0 aliphatic carbocycles. The number of ether oxygens (including phenoxy) is 2. The van der Waals surface area contributed by atoms with Gasteiger partial charge in [0.2, 0.25) is 0 Å². The normalized spacial score (nSPS) is 12.1. The molecule has 94 valence electrons. The molecule has 1 atom stereocenters. The largest absolute Gasteiger partial charge is 0.504 e. The van der Waals surface area contributed by atoms with Gasteiger partial charge in [0.1, 0.15) is 0 Å². The van der Waals surface area contributed by atoms with E-state index in [2.05, 4.69) is 25.4 Å². The number of rotatable bonds is 3. The minimum absolute atomic E-state index is 0.0335. The molecule has 1 rings (SSSR count). The molecule has 0 spiro atoms. The van der Waals surface area contributed by atoms with Crippen LogP contribution in [0.15, 0.2) is 10.5 Å². The van der Waals surface area contributed by atoms with E-state index in [4.69, 9.17) is 0 Å². The number of benzene rings is 1. The molecule has 0 amide bonds. The first-order valence-corrected chi connectivity index (χ1v) is 5.24. The summed E-state index contributed by atoms with van der Waals surface area (Å²) in [7, 11) is 2.22. The van der Waals surface area contributed by atoms with Crippen LogP contribution in [-0.4, -0.2) is 30.4 Å². The predicted molar refractivity (Wildman–Crippen MR) is 59.3 cm³/mol. The van der Waals surface area contributed by atoms with Gasteiger partial charge in [0, 0.05) is 10.0 Å². The summed E-state index contributed by atoms with van der Waals surface area (Å²) in [5.74, 6) is -2.95. The van der Waals surface area contributed by atoms with Gasteiger partial charge in [0.25, 0.3) is 0 Å². The Bertz CT molecular complexity index is 449. The minimum Gasteiger partial charge on any atom is -0.504 e. The molecule has 0 aliphatic rings. The van der Waals surface area contributed by atoms with E-state index in [9.17, 15) is 19.4 Å². The molecule has 7 heteroatoms. The molecule has 2 N–H and O–H groups in total. The molecular formula is C10H10BrFO5. The summed E-state index contributed by atoms with van der Waals surface area (Å²) in [6.45, 7) is 0. The Balaban J connectivity index is 3.38. The van der Waals surface area contributed by atoms with Gasteiger partial charge in [-0.2, -0.15) is 0 Å². The molecule has 0 bridgehead atoms. The van der Waals surface area contributed by atoms with Gasteiger partial charge in [-0.1, -0.05) is 15.9 Å². The molecule has 0 heterocycles. The number of aromatic hydroxyl groups is 1. The summed E-state index contributed by atoms with van der Waals surface area (Å²) in [6.07, 6.45) is -1.80. The van der Waals surface area contributed by atoms with Crippen molar-refractivity contribution in [2.45, 2.75) is 6.10 Å². The first-order valence-electron chi connectivity index (χ1n) is 4.44. The van der Waals surface area contributed by atoms with Crippen LogP contribution < -0.4 is 4.74 Å². The number of aliphatic hydroxyl groups excluding tert-OH is 1. The van der Waals surface area contributed by atoms with Gasteiger partial charge < -0.3 is 19.7 Å². The monoisotopic (exact) mass is 308 g/mol. The number of carbonyl (C=O) groups is 1. The number of carbonyl (C=O) groups excluding carboxylic acids is 1. The third-order valence-electron chi connectivity index (χ3n) is 2.09. The molecule has 0 fully saturated rings. The van der Waals surface area contributed by atoms with Crippen LogP contribution in [0.1, 0.15) is 11.7 Å². The maximum atomic E-state index is 13.9. The summed E-state index contributed by atoms with van der Waals surface area (Å²) in [5.41, 5.74) is -0.355. The van der Waals surface area contributed by atoms with Gasteiger partial charge in [-0.25, -0.2) is 9.18 Å². The molecule has 1 unspecified atom stereocenters. The summed E-state index contributed by atoms with van der Waals surface area (Å²) in [4.78, 5) is 11.1. The number of halogens is 2. The van der Waals surface area contributed by atoms with Crippen molar-refractivity contribution >= 4 is 21.9 Å². The zero-order chi connectivity index (χ0) is 13.2. The van der Waals surface area contributed by atoms with Gasteiger partial charge in [-0.3, -0.25) is 0 Å². The maximum Gasteiger partial charge on any atom is 0.339 e. The van der Waals surface area contributed by atoms with Gasteiger partial charge in [-0.05, 0) is 6.07 Å². The maximum absolute atomic E-state index is 13.9.